The molecule has 2 atom stereocenters. The Kier molecular flexibility index (Phi) is 7.86. The third kappa shape index (κ3) is 5.40. The van der Waals surface area contributed by atoms with Gasteiger partial charge in [0.2, 0.25) is 0 Å². The standard InChI is InChI=1S/C18H27NO3.ClH/c1-13-11-14(2)19(15(3)12-13)9-6-10-22-18(21)16-7-4-5-8-17(16)20;/h4-5,7-8,13-15,20H,6,9-12H2,1-3H3;1H. The third-order valence-electron chi connectivity index (χ3n) is 4.74. The predicted octanol–water partition coefficient (Wildman–Crippen LogP) is -0.965. The molecule has 4 nitrogen and oxygen atoms in total. The van der Waals surface area contributed by atoms with Gasteiger partial charge in [0, 0.05) is 19.3 Å². The molecule has 0 aliphatic carbocycles. The van der Waals surface area contributed by atoms with Crippen molar-refractivity contribution in [3.05, 3.63) is 29.8 Å². The summed E-state index contributed by atoms with van der Waals surface area (Å²) in [5.41, 5.74) is 0.239. The van der Waals surface area contributed by atoms with Gasteiger partial charge in [-0.1, -0.05) is 19.1 Å². The lowest BCUT2D eigenvalue weighted by Gasteiger charge is -2.38. The average molecular weight is 342 g/mol. The Morgan fingerprint density at radius 1 is 1.22 bits per heavy atom. The van der Waals surface area contributed by atoms with Crippen molar-refractivity contribution in [2.45, 2.75) is 52.1 Å². The smallest absolute Gasteiger partial charge is 0.341 e. The second kappa shape index (κ2) is 9.14. The first kappa shape index (κ1) is 19.8. The van der Waals surface area contributed by atoms with E-state index in [1.54, 1.807) is 23.1 Å². The molecule has 1 aromatic rings. The number of carbonyl (C=O) groups is 1. The maximum absolute atomic E-state index is 11.9. The molecule has 0 aromatic heterocycles. The zero-order valence-corrected chi connectivity index (χ0v) is 15.0. The average Bonchev–Trinajstić information content (AvgIpc) is 2.45. The van der Waals surface area contributed by atoms with Crippen LogP contribution < -0.4 is 17.3 Å². The van der Waals surface area contributed by atoms with Gasteiger partial charge in [0.1, 0.15) is 11.3 Å². The molecule has 1 aromatic carbocycles. The summed E-state index contributed by atoms with van der Waals surface area (Å²) in [6.07, 6.45) is 3.41. The number of likely N-dealkylation sites (tertiary alicyclic amines) is 1. The van der Waals surface area contributed by atoms with Gasteiger partial charge in [0.15, 0.2) is 0 Å². The van der Waals surface area contributed by atoms with E-state index < -0.39 is 5.97 Å². The van der Waals surface area contributed by atoms with Crippen LogP contribution in [-0.2, 0) is 4.74 Å². The van der Waals surface area contributed by atoms with Crippen molar-refractivity contribution in [3.8, 4) is 5.75 Å². The molecule has 0 bridgehead atoms. The van der Waals surface area contributed by atoms with Crippen molar-refractivity contribution >= 4 is 5.97 Å². The van der Waals surface area contributed by atoms with Crippen LogP contribution in [0.1, 0.15) is 50.4 Å². The topological polar surface area (TPSA) is 51.0 Å². The molecule has 0 saturated carbocycles. The molecule has 1 aliphatic rings. The van der Waals surface area contributed by atoms with Crippen molar-refractivity contribution in [3.63, 3.8) is 0 Å². The lowest BCUT2D eigenvalue weighted by molar-refractivity contribution is -0.952. The van der Waals surface area contributed by atoms with Gasteiger partial charge >= 0.3 is 5.97 Å². The number of quaternary nitrogens is 1. The molecule has 130 valence electrons. The molecule has 2 N–H and O–H groups in total. The van der Waals surface area contributed by atoms with Crippen LogP contribution in [0, 0.1) is 5.92 Å². The minimum atomic E-state index is -0.443. The number of esters is 1. The number of para-hydroxylation sites is 1. The summed E-state index contributed by atoms with van der Waals surface area (Å²) in [5.74, 6) is 0.347. The van der Waals surface area contributed by atoms with E-state index in [4.69, 9.17) is 4.74 Å². The lowest BCUT2D eigenvalue weighted by atomic mass is 9.88. The predicted molar refractivity (Wildman–Crippen MR) is 86.2 cm³/mol. The van der Waals surface area contributed by atoms with Crippen LogP contribution in [0.3, 0.4) is 0 Å². The van der Waals surface area contributed by atoms with Gasteiger partial charge in [-0.25, -0.2) is 4.79 Å². The molecule has 5 heteroatoms. The minimum Gasteiger partial charge on any atom is -1.00 e. The molecular weight excluding hydrogens is 314 g/mol. The van der Waals surface area contributed by atoms with Crippen LogP contribution in [0.25, 0.3) is 0 Å². The highest BCUT2D eigenvalue weighted by molar-refractivity contribution is 5.92. The Morgan fingerprint density at radius 3 is 2.43 bits per heavy atom. The van der Waals surface area contributed by atoms with Gasteiger partial charge in [-0.2, -0.15) is 0 Å². The number of benzene rings is 1. The number of carbonyl (C=O) groups excluding carboxylic acids is 1. The summed E-state index contributed by atoms with van der Waals surface area (Å²) in [7, 11) is 0. The van der Waals surface area contributed by atoms with Gasteiger partial charge in [-0.05, 0) is 31.9 Å². The van der Waals surface area contributed by atoms with Crippen LogP contribution in [0.4, 0.5) is 0 Å². The van der Waals surface area contributed by atoms with Gasteiger partial charge in [-0.15, -0.1) is 0 Å². The van der Waals surface area contributed by atoms with E-state index in [9.17, 15) is 9.90 Å². The van der Waals surface area contributed by atoms with Crippen LogP contribution in [0.5, 0.6) is 5.75 Å². The monoisotopic (exact) mass is 341 g/mol. The number of piperidine rings is 1. The van der Waals surface area contributed by atoms with Crippen LogP contribution in [0.2, 0.25) is 0 Å². The number of aromatic hydroxyl groups is 1. The van der Waals surface area contributed by atoms with E-state index in [1.165, 1.54) is 18.9 Å². The van der Waals surface area contributed by atoms with Gasteiger partial charge in [0.05, 0.1) is 25.2 Å². The first-order chi connectivity index (χ1) is 10.5. The summed E-state index contributed by atoms with van der Waals surface area (Å²) < 4.78 is 5.28. The van der Waals surface area contributed by atoms with E-state index in [0.717, 1.165) is 18.9 Å². The number of phenols is 1. The molecular formula is C18H28ClNO3. The van der Waals surface area contributed by atoms with Crippen molar-refractivity contribution in [1.82, 2.24) is 0 Å². The highest BCUT2D eigenvalue weighted by Crippen LogP contribution is 2.17. The lowest BCUT2D eigenvalue weighted by Crippen LogP contribution is -3.19. The summed E-state index contributed by atoms with van der Waals surface area (Å²) in [6, 6.07) is 7.84. The summed E-state index contributed by atoms with van der Waals surface area (Å²) in [4.78, 5) is 13.5. The fourth-order valence-corrected chi connectivity index (χ4v) is 3.75. The number of phenolic OH excluding ortho intramolecular Hbond substituents is 1. The molecule has 0 radical (unpaired) electrons. The number of halogens is 1. The summed E-state index contributed by atoms with van der Waals surface area (Å²) >= 11 is 0. The highest BCUT2D eigenvalue weighted by atomic mass is 35.5. The number of rotatable bonds is 5. The van der Waals surface area contributed by atoms with Crippen LogP contribution >= 0.6 is 0 Å². The highest BCUT2D eigenvalue weighted by Gasteiger charge is 2.31. The van der Waals surface area contributed by atoms with Crippen molar-refractivity contribution in [2.24, 2.45) is 5.92 Å². The first-order valence-corrected chi connectivity index (χ1v) is 8.29. The van der Waals surface area contributed by atoms with Gasteiger partial charge in [0.25, 0.3) is 0 Å². The Labute approximate surface area is 145 Å². The fraction of sp³-hybridized carbons (Fsp3) is 0.611. The van der Waals surface area contributed by atoms with Crippen molar-refractivity contribution < 1.29 is 31.9 Å². The Morgan fingerprint density at radius 2 is 1.83 bits per heavy atom. The normalized spacial score (nSPS) is 27.1. The molecule has 1 saturated heterocycles. The van der Waals surface area contributed by atoms with Gasteiger partial charge < -0.3 is 27.2 Å². The Bertz CT molecular complexity index is 497. The zero-order chi connectivity index (χ0) is 16.1. The number of hydrogen-bond acceptors (Lipinski definition) is 3. The SMILES string of the molecule is CC1CC(C)[NH+](CCCOC(=O)c2ccccc2O)C(C)C1.[Cl-]. The maximum Gasteiger partial charge on any atom is 0.341 e. The molecule has 2 unspecified atom stereocenters. The van der Waals surface area contributed by atoms with Gasteiger partial charge in [-0.3, -0.25) is 0 Å². The van der Waals surface area contributed by atoms with E-state index >= 15 is 0 Å². The van der Waals surface area contributed by atoms with E-state index in [1.807, 2.05) is 0 Å². The molecule has 1 fully saturated rings. The van der Waals surface area contributed by atoms with E-state index in [2.05, 4.69) is 20.8 Å². The largest absolute Gasteiger partial charge is 1.00 e. The second-order valence-corrected chi connectivity index (χ2v) is 6.71. The summed E-state index contributed by atoms with van der Waals surface area (Å²) in [5, 5.41) is 9.63. The first-order valence-electron chi connectivity index (χ1n) is 8.29. The Hall–Kier alpha value is -1.26. The number of hydrogen-bond donors (Lipinski definition) is 2. The maximum atomic E-state index is 11.9. The molecule has 0 spiro atoms. The molecule has 1 aliphatic heterocycles. The van der Waals surface area contributed by atoms with Crippen molar-refractivity contribution in [1.29, 1.82) is 0 Å². The number of nitrogens with one attached hydrogen (secondary N) is 1. The molecule has 23 heavy (non-hydrogen) atoms. The summed E-state index contributed by atoms with van der Waals surface area (Å²) in [6.45, 7) is 8.40. The minimum absolute atomic E-state index is 0. The molecule has 1 heterocycles. The third-order valence-corrected chi connectivity index (χ3v) is 4.74. The zero-order valence-electron chi connectivity index (χ0n) is 14.2. The number of ether oxygens (including phenoxy) is 1. The van der Waals surface area contributed by atoms with E-state index in [-0.39, 0.29) is 23.7 Å². The fourth-order valence-electron chi connectivity index (χ4n) is 3.75. The molecule has 2 rings (SSSR count). The van der Waals surface area contributed by atoms with E-state index in [0.29, 0.717) is 18.7 Å². The Balaban J connectivity index is 0.00000264. The molecule has 0 amide bonds. The van der Waals surface area contributed by atoms with Crippen LogP contribution in [-0.4, -0.2) is 36.3 Å². The van der Waals surface area contributed by atoms with Crippen LogP contribution in [0.15, 0.2) is 24.3 Å². The quantitative estimate of drug-likeness (QED) is 0.535. The second-order valence-electron chi connectivity index (χ2n) is 6.71. The van der Waals surface area contributed by atoms with Crippen molar-refractivity contribution in [2.75, 3.05) is 13.2 Å².